The number of rotatable bonds is 4. The molecular weight excluding hydrogens is 340 g/mol. The van der Waals surface area contributed by atoms with Gasteiger partial charge in [0.05, 0.1) is 6.54 Å². The predicted molar refractivity (Wildman–Crippen MR) is 103 cm³/mol. The van der Waals surface area contributed by atoms with Crippen LogP contribution in [0.2, 0.25) is 0 Å². The maximum absolute atomic E-state index is 12.6. The first-order valence-electron chi connectivity index (χ1n) is 9.23. The molecule has 1 atom stereocenters. The van der Waals surface area contributed by atoms with Crippen LogP contribution in [0, 0.1) is 0 Å². The summed E-state index contributed by atoms with van der Waals surface area (Å²) in [6.45, 7) is 1.78. The zero-order valence-electron chi connectivity index (χ0n) is 15.0. The van der Waals surface area contributed by atoms with Gasteiger partial charge in [-0.1, -0.05) is 42.5 Å². The van der Waals surface area contributed by atoms with Gasteiger partial charge in [0.25, 0.3) is 0 Å². The molecule has 1 fully saturated rings. The van der Waals surface area contributed by atoms with Crippen LogP contribution in [0.15, 0.2) is 60.9 Å². The lowest BCUT2D eigenvalue weighted by Gasteiger charge is -2.32. The molecule has 1 aliphatic heterocycles. The summed E-state index contributed by atoms with van der Waals surface area (Å²) < 4.78 is 5.81. The maximum Gasteiger partial charge on any atom is 0.317 e. The van der Waals surface area contributed by atoms with Crippen molar-refractivity contribution < 1.29 is 9.53 Å². The van der Waals surface area contributed by atoms with E-state index < -0.39 is 0 Å². The van der Waals surface area contributed by atoms with E-state index in [1.165, 1.54) is 10.8 Å². The van der Waals surface area contributed by atoms with Gasteiger partial charge in [-0.2, -0.15) is 0 Å². The quantitative estimate of drug-likeness (QED) is 0.773. The van der Waals surface area contributed by atoms with Gasteiger partial charge in [0.15, 0.2) is 0 Å². The van der Waals surface area contributed by atoms with Crippen LogP contribution in [0.1, 0.15) is 18.4 Å². The van der Waals surface area contributed by atoms with Crippen LogP contribution in [0.5, 0.6) is 6.01 Å². The van der Waals surface area contributed by atoms with Gasteiger partial charge in [0.1, 0.15) is 6.10 Å². The summed E-state index contributed by atoms with van der Waals surface area (Å²) >= 11 is 0. The third-order valence-electron chi connectivity index (χ3n) is 4.79. The van der Waals surface area contributed by atoms with Crippen molar-refractivity contribution in [2.45, 2.75) is 25.5 Å². The Kier molecular flexibility index (Phi) is 5.14. The zero-order chi connectivity index (χ0) is 18.5. The van der Waals surface area contributed by atoms with E-state index in [-0.39, 0.29) is 12.1 Å². The summed E-state index contributed by atoms with van der Waals surface area (Å²) in [5.41, 5.74) is 1.11. The lowest BCUT2D eigenvalue weighted by atomic mass is 10.0. The van der Waals surface area contributed by atoms with Gasteiger partial charge in [-0.15, -0.1) is 0 Å². The fourth-order valence-electron chi connectivity index (χ4n) is 3.44. The highest BCUT2D eigenvalue weighted by Crippen LogP contribution is 2.19. The molecule has 0 aliphatic carbocycles. The molecule has 27 heavy (non-hydrogen) atoms. The predicted octanol–water partition coefficient (Wildman–Crippen LogP) is 3.38. The van der Waals surface area contributed by atoms with Gasteiger partial charge in [0.2, 0.25) is 0 Å². The molecule has 0 unspecified atom stereocenters. The maximum atomic E-state index is 12.6. The minimum Gasteiger partial charge on any atom is -0.458 e. The van der Waals surface area contributed by atoms with Gasteiger partial charge in [-0.25, -0.2) is 14.8 Å². The Balaban J connectivity index is 1.36. The number of benzene rings is 2. The van der Waals surface area contributed by atoms with Crippen LogP contribution >= 0.6 is 0 Å². The monoisotopic (exact) mass is 362 g/mol. The molecule has 1 aliphatic rings. The van der Waals surface area contributed by atoms with E-state index in [4.69, 9.17) is 4.74 Å². The van der Waals surface area contributed by atoms with E-state index in [1.807, 2.05) is 23.1 Å². The number of ether oxygens (including phenoxy) is 1. The van der Waals surface area contributed by atoms with Crippen LogP contribution < -0.4 is 10.1 Å². The number of hydrogen-bond donors (Lipinski definition) is 1. The Morgan fingerprint density at radius 3 is 2.81 bits per heavy atom. The number of nitrogens with zero attached hydrogens (tertiary/aromatic N) is 3. The zero-order valence-corrected chi connectivity index (χ0v) is 15.0. The first-order chi connectivity index (χ1) is 13.3. The van der Waals surface area contributed by atoms with Crippen LogP contribution in [0.3, 0.4) is 0 Å². The van der Waals surface area contributed by atoms with E-state index in [9.17, 15) is 4.79 Å². The Morgan fingerprint density at radius 2 is 1.93 bits per heavy atom. The first-order valence-corrected chi connectivity index (χ1v) is 9.23. The third kappa shape index (κ3) is 4.16. The van der Waals surface area contributed by atoms with Crippen molar-refractivity contribution >= 4 is 16.8 Å². The van der Waals surface area contributed by atoms with Crippen molar-refractivity contribution in [3.8, 4) is 6.01 Å². The lowest BCUT2D eigenvalue weighted by Crippen LogP contribution is -2.48. The van der Waals surface area contributed by atoms with Crippen LogP contribution in [0.25, 0.3) is 10.8 Å². The van der Waals surface area contributed by atoms with Gasteiger partial charge in [-0.3, -0.25) is 0 Å². The number of likely N-dealkylation sites (tertiary alicyclic amines) is 1. The first kappa shape index (κ1) is 17.3. The number of carbonyl (C=O) groups excluding carboxylic acids is 1. The summed E-state index contributed by atoms with van der Waals surface area (Å²) in [6, 6.07) is 16.4. The van der Waals surface area contributed by atoms with E-state index in [2.05, 4.69) is 39.6 Å². The fourth-order valence-corrected chi connectivity index (χ4v) is 3.44. The van der Waals surface area contributed by atoms with E-state index >= 15 is 0 Å². The number of aromatic nitrogens is 2. The Morgan fingerprint density at radius 1 is 1.11 bits per heavy atom. The second kappa shape index (κ2) is 8.03. The SMILES string of the molecule is O=C(NCc1cccc2ccccc12)N1CCC[C@H](Oc2ncccn2)C1. The normalized spacial score (nSPS) is 16.9. The van der Waals surface area contributed by atoms with E-state index in [0.717, 1.165) is 24.9 Å². The highest BCUT2D eigenvalue weighted by molar-refractivity contribution is 5.86. The van der Waals surface area contributed by atoms with E-state index in [1.54, 1.807) is 18.5 Å². The number of carbonyl (C=O) groups is 1. The summed E-state index contributed by atoms with van der Waals surface area (Å²) in [7, 11) is 0. The molecule has 3 aromatic rings. The molecule has 0 bridgehead atoms. The topological polar surface area (TPSA) is 67.4 Å². The number of fused-ring (bicyclic) bond motifs is 1. The van der Waals surface area contributed by atoms with Crippen LogP contribution in [-0.2, 0) is 6.54 Å². The highest BCUT2D eigenvalue weighted by Gasteiger charge is 2.25. The highest BCUT2D eigenvalue weighted by atomic mass is 16.5. The molecule has 4 rings (SSSR count). The van der Waals surface area contributed by atoms with Crippen molar-refractivity contribution in [2.24, 2.45) is 0 Å². The molecule has 0 radical (unpaired) electrons. The molecule has 0 saturated carbocycles. The van der Waals surface area contributed by atoms with Gasteiger partial charge < -0.3 is 15.0 Å². The Hall–Kier alpha value is -3.15. The van der Waals surface area contributed by atoms with Crippen LogP contribution in [0.4, 0.5) is 4.79 Å². The summed E-state index contributed by atoms with van der Waals surface area (Å²) in [5, 5.41) is 5.39. The standard InChI is InChI=1S/C21H22N4O2/c26-21(24-14-17-8-3-7-16-6-1-2-10-19(16)17)25-13-4-9-18(15-25)27-20-22-11-5-12-23-20/h1-3,5-8,10-12,18H,4,9,13-15H2,(H,24,26)/t18-/m0/s1. The van der Waals surface area contributed by atoms with Gasteiger partial charge in [0, 0.05) is 25.5 Å². The number of nitrogens with one attached hydrogen (secondary N) is 1. The molecule has 1 N–H and O–H groups in total. The summed E-state index contributed by atoms with van der Waals surface area (Å²) in [5.74, 6) is 0. The Labute approximate surface area is 158 Å². The van der Waals surface area contributed by atoms with Crippen LogP contribution in [-0.4, -0.2) is 40.1 Å². The smallest absolute Gasteiger partial charge is 0.317 e. The average molecular weight is 362 g/mol. The molecule has 2 amide bonds. The summed E-state index contributed by atoms with van der Waals surface area (Å²) in [6.07, 6.45) is 5.02. The van der Waals surface area contributed by atoms with Gasteiger partial charge >= 0.3 is 12.0 Å². The van der Waals surface area contributed by atoms with Crippen molar-refractivity contribution in [1.29, 1.82) is 0 Å². The molecule has 1 saturated heterocycles. The lowest BCUT2D eigenvalue weighted by molar-refractivity contribution is 0.0938. The number of urea groups is 1. The minimum absolute atomic E-state index is 0.0646. The molecular formula is C21H22N4O2. The van der Waals surface area contributed by atoms with Crippen molar-refractivity contribution in [3.63, 3.8) is 0 Å². The van der Waals surface area contributed by atoms with Crippen molar-refractivity contribution in [1.82, 2.24) is 20.2 Å². The number of amides is 2. The number of piperidine rings is 1. The molecule has 2 aromatic carbocycles. The number of hydrogen-bond acceptors (Lipinski definition) is 4. The average Bonchev–Trinajstić information content (AvgIpc) is 2.73. The second-order valence-electron chi connectivity index (χ2n) is 6.66. The molecule has 6 heteroatoms. The molecule has 0 spiro atoms. The second-order valence-corrected chi connectivity index (χ2v) is 6.66. The van der Waals surface area contributed by atoms with Crippen molar-refractivity contribution in [3.05, 3.63) is 66.5 Å². The molecule has 138 valence electrons. The fraction of sp³-hybridized carbons (Fsp3) is 0.286. The third-order valence-corrected chi connectivity index (χ3v) is 4.79. The Bertz CT molecular complexity index is 911. The molecule has 1 aromatic heterocycles. The molecule has 2 heterocycles. The van der Waals surface area contributed by atoms with Crippen molar-refractivity contribution in [2.75, 3.05) is 13.1 Å². The minimum atomic E-state index is -0.0792. The summed E-state index contributed by atoms with van der Waals surface area (Å²) in [4.78, 5) is 22.6. The molecule has 6 nitrogen and oxygen atoms in total. The van der Waals surface area contributed by atoms with E-state index in [0.29, 0.717) is 19.1 Å². The largest absolute Gasteiger partial charge is 0.458 e. The van der Waals surface area contributed by atoms with Gasteiger partial charge in [-0.05, 0) is 35.2 Å².